The van der Waals surface area contributed by atoms with Crippen LogP contribution >= 0.6 is 0 Å². The Morgan fingerprint density at radius 3 is 1.32 bits per heavy atom. The van der Waals surface area contributed by atoms with E-state index < -0.39 is 0 Å². The molecule has 0 saturated carbocycles. The van der Waals surface area contributed by atoms with E-state index in [0.717, 1.165) is 0 Å². The zero-order valence-electron chi connectivity index (χ0n) is 29.7. The molecule has 0 N–H and O–H groups in total. The van der Waals surface area contributed by atoms with Crippen LogP contribution in [0.25, 0.3) is 44.2 Å². The van der Waals surface area contributed by atoms with Gasteiger partial charge in [0.15, 0.2) is 0 Å². The number of hydrogen-bond acceptors (Lipinski definition) is 1. The third kappa shape index (κ3) is 3.73. The van der Waals surface area contributed by atoms with E-state index in [1.165, 1.54) is 94.6 Å². The lowest BCUT2D eigenvalue weighted by molar-refractivity contribution is 0.660. The van der Waals surface area contributed by atoms with E-state index in [1.807, 2.05) is 0 Å². The number of anilines is 3. The fourth-order valence-corrected chi connectivity index (χ4v) is 9.92. The van der Waals surface area contributed by atoms with Crippen molar-refractivity contribution in [3.63, 3.8) is 0 Å². The van der Waals surface area contributed by atoms with Crippen LogP contribution in [-0.4, -0.2) is 0 Å². The maximum Gasteiger partial charge on any atom is 0.0540 e. The van der Waals surface area contributed by atoms with Crippen molar-refractivity contribution in [1.82, 2.24) is 0 Å². The zero-order chi connectivity index (χ0) is 34.2. The Morgan fingerprint density at radius 2 is 0.780 bits per heavy atom. The van der Waals surface area contributed by atoms with Gasteiger partial charge in [0, 0.05) is 33.0 Å². The van der Waals surface area contributed by atoms with E-state index in [9.17, 15) is 0 Å². The molecule has 0 heterocycles. The van der Waals surface area contributed by atoms with Crippen molar-refractivity contribution in [1.29, 1.82) is 0 Å². The van der Waals surface area contributed by atoms with E-state index >= 15 is 0 Å². The number of benzene rings is 7. The van der Waals surface area contributed by atoms with Gasteiger partial charge in [0.05, 0.1) is 5.69 Å². The van der Waals surface area contributed by atoms with Gasteiger partial charge in [-0.3, -0.25) is 0 Å². The first-order chi connectivity index (χ1) is 24.1. The average Bonchev–Trinajstić information content (AvgIpc) is 3.61. The molecule has 10 rings (SSSR count). The van der Waals surface area contributed by atoms with Crippen LogP contribution in [0.5, 0.6) is 0 Å². The van der Waals surface area contributed by atoms with Crippen LogP contribution in [0, 0.1) is 0 Å². The Hall–Kier alpha value is -5.40. The summed E-state index contributed by atoms with van der Waals surface area (Å²) in [5.41, 5.74) is 19.8. The Labute approximate surface area is 295 Å². The molecular formula is C49H41N. The quantitative estimate of drug-likeness (QED) is 0.185. The minimum atomic E-state index is -0.0956. The molecule has 0 radical (unpaired) electrons. The van der Waals surface area contributed by atoms with E-state index in [2.05, 4.69) is 186 Å². The predicted molar refractivity (Wildman–Crippen MR) is 211 cm³/mol. The van der Waals surface area contributed by atoms with Crippen LogP contribution in [0.4, 0.5) is 17.1 Å². The minimum Gasteiger partial charge on any atom is -0.310 e. The lowest BCUT2D eigenvalue weighted by Crippen LogP contribution is -2.18. The molecule has 0 amide bonds. The number of nitrogens with zero attached hydrogens (tertiary/aromatic N) is 1. The average molecular weight is 644 g/mol. The van der Waals surface area contributed by atoms with Crippen LogP contribution in [0.2, 0.25) is 0 Å². The molecule has 3 aliphatic carbocycles. The molecule has 7 aromatic rings. The molecule has 7 aromatic carbocycles. The fraction of sp³-hybridized carbons (Fsp3) is 0.184. The van der Waals surface area contributed by atoms with Crippen molar-refractivity contribution in [3.05, 3.63) is 173 Å². The lowest BCUT2D eigenvalue weighted by Gasteiger charge is -2.31. The molecule has 0 fully saturated rings. The summed E-state index contributed by atoms with van der Waals surface area (Å²) in [6.07, 6.45) is 0. The van der Waals surface area contributed by atoms with Crippen molar-refractivity contribution < 1.29 is 0 Å². The van der Waals surface area contributed by atoms with E-state index in [1.54, 1.807) is 0 Å². The van der Waals surface area contributed by atoms with Crippen LogP contribution in [0.15, 0.2) is 140 Å². The normalized spacial score (nSPS) is 16.3. The van der Waals surface area contributed by atoms with Gasteiger partial charge in [-0.25, -0.2) is 0 Å². The van der Waals surface area contributed by atoms with E-state index in [4.69, 9.17) is 0 Å². The third-order valence-electron chi connectivity index (χ3n) is 12.4. The van der Waals surface area contributed by atoms with E-state index in [0.29, 0.717) is 0 Å². The summed E-state index contributed by atoms with van der Waals surface area (Å²) in [5.74, 6) is 0. The summed E-state index contributed by atoms with van der Waals surface area (Å²) in [6, 6.07) is 52.9. The van der Waals surface area contributed by atoms with Crippen LogP contribution in [0.1, 0.15) is 74.9 Å². The highest BCUT2D eigenvalue weighted by Crippen LogP contribution is 2.55. The van der Waals surface area contributed by atoms with Crippen molar-refractivity contribution in [2.75, 3.05) is 4.90 Å². The molecule has 0 aliphatic heterocycles. The van der Waals surface area contributed by atoms with Gasteiger partial charge < -0.3 is 4.90 Å². The van der Waals surface area contributed by atoms with Crippen LogP contribution in [-0.2, 0) is 16.2 Å². The monoisotopic (exact) mass is 643 g/mol. The second kappa shape index (κ2) is 9.86. The van der Waals surface area contributed by atoms with Crippen LogP contribution in [0.3, 0.4) is 0 Å². The Kier molecular flexibility index (Phi) is 5.82. The van der Waals surface area contributed by atoms with Gasteiger partial charge in [0.2, 0.25) is 0 Å². The first-order valence-corrected chi connectivity index (χ1v) is 18.0. The molecule has 3 aliphatic rings. The van der Waals surface area contributed by atoms with Gasteiger partial charge in [-0.05, 0) is 102 Å². The van der Waals surface area contributed by atoms with Crippen molar-refractivity contribution in [2.24, 2.45) is 0 Å². The standard InChI is InChI=1S/C49H41N/c1-47(2)40-18-10-7-14-32(40)35-24-22-30(28-43(35)47)50(31-23-25-36-33-15-8-11-19-41(33)48(3,4)44(36)29-31)45-21-13-17-38-37(45)26-27-39-34-16-9-12-20-42(34)49(5,6)46(38)39/h7-29H,1-6H3. The lowest BCUT2D eigenvalue weighted by atomic mass is 9.80. The molecule has 242 valence electrons. The van der Waals surface area contributed by atoms with Crippen molar-refractivity contribution in [3.8, 4) is 33.4 Å². The van der Waals surface area contributed by atoms with Gasteiger partial charge in [-0.2, -0.15) is 0 Å². The molecular weight excluding hydrogens is 603 g/mol. The molecule has 0 aromatic heterocycles. The molecule has 0 unspecified atom stereocenters. The summed E-state index contributed by atoms with van der Waals surface area (Å²) in [4.78, 5) is 2.53. The smallest absolute Gasteiger partial charge is 0.0540 e. The largest absolute Gasteiger partial charge is 0.310 e. The SMILES string of the molecule is CC1(C)c2ccccc2-c2ccc(N(c3ccc4c(c3)C(C)(C)c3ccccc3-4)c3cccc4c5c(ccc34)-c3ccccc3C5(C)C)cc21. The molecule has 0 bridgehead atoms. The first kappa shape index (κ1) is 29.5. The molecule has 0 atom stereocenters. The highest BCUT2D eigenvalue weighted by Gasteiger charge is 2.39. The van der Waals surface area contributed by atoms with Gasteiger partial charge >= 0.3 is 0 Å². The summed E-state index contributed by atoms with van der Waals surface area (Å²) < 4.78 is 0. The molecule has 1 heteroatoms. The summed E-state index contributed by atoms with van der Waals surface area (Å²) in [6.45, 7) is 14.3. The zero-order valence-corrected chi connectivity index (χ0v) is 29.7. The van der Waals surface area contributed by atoms with E-state index in [-0.39, 0.29) is 16.2 Å². The second-order valence-corrected chi connectivity index (χ2v) is 16.2. The minimum absolute atomic E-state index is 0.0927. The molecule has 0 spiro atoms. The van der Waals surface area contributed by atoms with Gasteiger partial charge in [0.25, 0.3) is 0 Å². The second-order valence-electron chi connectivity index (χ2n) is 16.2. The summed E-state index contributed by atoms with van der Waals surface area (Å²) in [7, 11) is 0. The first-order valence-electron chi connectivity index (χ1n) is 18.0. The van der Waals surface area contributed by atoms with Crippen molar-refractivity contribution in [2.45, 2.75) is 57.8 Å². The molecule has 1 nitrogen and oxygen atoms in total. The maximum absolute atomic E-state index is 2.53. The summed E-state index contributed by atoms with van der Waals surface area (Å²) in [5, 5.41) is 2.60. The van der Waals surface area contributed by atoms with Crippen LogP contribution < -0.4 is 4.90 Å². The van der Waals surface area contributed by atoms with Gasteiger partial charge in [-0.15, -0.1) is 0 Å². The number of fused-ring (bicyclic) bond motifs is 11. The third-order valence-corrected chi connectivity index (χ3v) is 12.4. The Balaban J connectivity index is 1.23. The van der Waals surface area contributed by atoms with Gasteiger partial charge in [-0.1, -0.05) is 151 Å². The van der Waals surface area contributed by atoms with Crippen molar-refractivity contribution >= 4 is 27.8 Å². The topological polar surface area (TPSA) is 3.24 Å². The molecule has 0 saturated heterocycles. The Morgan fingerprint density at radius 1 is 0.340 bits per heavy atom. The highest BCUT2D eigenvalue weighted by atomic mass is 15.1. The Bertz CT molecular complexity index is 2470. The number of rotatable bonds is 3. The fourth-order valence-electron chi connectivity index (χ4n) is 9.92. The predicted octanol–water partition coefficient (Wildman–Crippen LogP) is 13.2. The summed E-state index contributed by atoms with van der Waals surface area (Å²) >= 11 is 0. The highest BCUT2D eigenvalue weighted by molar-refractivity contribution is 6.05. The number of hydrogen-bond donors (Lipinski definition) is 0. The maximum atomic E-state index is 2.53. The molecule has 50 heavy (non-hydrogen) atoms. The van der Waals surface area contributed by atoms with Gasteiger partial charge in [0.1, 0.15) is 0 Å².